The van der Waals surface area contributed by atoms with Gasteiger partial charge in [0.05, 0.1) is 0 Å². The number of hydrogen-bond donors (Lipinski definition) is 1. The fourth-order valence-corrected chi connectivity index (χ4v) is 4.05. The Morgan fingerprint density at radius 3 is 2.65 bits per heavy atom. The van der Waals surface area contributed by atoms with E-state index >= 15 is 0 Å². The normalized spacial score (nSPS) is 19.7. The number of hydrogen-bond acceptors (Lipinski definition) is 2. The third-order valence-electron chi connectivity index (χ3n) is 5.03. The van der Waals surface area contributed by atoms with Gasteiger partial charge < -0.3 is 10.2 Å². The van der Waals surface area contributed by atoms with E-state index in [0.717, 1.165) is 31.1 Å². The number of nitrogens with one attached hydrogen (secondary N) is 1. The third kappa shape index (κ3) is 4.22. The number of anilines is 1. The highest BCUT2D eigenvalue weighted by molar-refractivity contribution is 6.31. The second-order valence-electron chi connectivity index (χ2n) is 7.60. The van der Waals surface area contributed by atoms with Gasteiger partial charge in [0.25, 0.3) is 0 Å². The van der Waals surface area contributed by atoms with Crippen molar-refractivity contribution in [2.45, 2.75) is 78.3 Å². The Kier molecular flexibility index (Phi) is 6.39. The molecule has 0 spiro atoms. The van der Waals surface area contributed by atoms with Crippen molar-refractivity contribution >= 4 is 17.3 Å². The molecule has 1 atom stereocenters. The van der Waals surface area contributed by atoms with Crippen molar-refractivity contribution < 1.29 is 0 Å². The van der Waals surface area contributed by atoms with Crippen LogP contribution in [-0.2, 0) is 6.54 Å². The van der Waals surface area contributed by atoms with Gasteiger partial charge in [-0.15, -0.1) is 0 Å². The molecule has 2 rings (SSSR count). The molecule has 1 unspecified atom stereocenters. The molecule has 0 saturated carbocycles. The molecule has 0 bridgehead atoms. The number of fused-ring (bicyclic) bond motifs is 1. The van der Waals surface area contributed by atoms with Crippen LogP contribution >= 0.6 is 11.6 Å². The predicted molar refractivity (Wildman–Crippen MR) is 103 cm³/mol. The summed E-state index contributed by atoms with van der Waals surface area (Å²) in [5.74, 6) is 0.583. The van der Waals surface area contributed by atoms with Crippen LogP contribution < -0.4 is 10.2 Å². The first-order valence-corrected chi connectivity index (χ1v) is 9.59. The smallest absolute Gasteiger partial charge is 0.0471 e. The fourth-order valence-electron chi connectivity index (χ4n) is 3.83. The lowest BCUT2D eigenvalue weighted by atomic mass is 9.79. The van der Waals surface area contributed by atoms with E-state index in [0.29, 0.717) is 5.92 Å². The van der Waals surface area contributed by atoms with Crippen molar-refractivity contribution in [3.63, 3.8) is 0 Å². The minimum Gasteiger partial charge on any atom is -0.366 e. The van der Waals surface area contributed by atoms with Crippen LogP contribution in [0.5, 0.6) is 0 Å². The Labute approximate surface area is 147 Å². The molecule has 130 valence electrons. The first-order chi connectivity index (χ1) is 10.9. The molecule has 0 aliphatic carbocycles. The fraction of sp³-hybridized carbons (Fsp3) is 0.700. The summed E-state index contributed by atoms with van der Waals surface area (Å²) in [7, 11) is 0. The summed E-state index contributed by atoms with van der Waals surface area (Å²) in [4.78, 5) is 2.58. The van der Waals surface area contributed by atoms with Gasteiger partial charge in [-0.3, -0.25) is 0 Å². The van der Waals surface area contributed by atoms with Gasteiger partial charge in [0.15, 0.2) is 0 Å². The van der Waals surface area contributed by atoms with Crippen LogP contribution in [0.4, 0.5) is 5.69 Å². The van der Waals surface area contributed by atoms with Gasteiger partial charge in [0.2, 0.25) is 0 Å². The molecule has 0 fully saturated rings. The molecule has 0 amide bonds. The summed E-state index contributed by atoms with van der Waals surface area (Å²) < 4.78 is 0. The van der Waals surface area contributed by atoms with Gasteiger partial charge in [-0.1, -0.05) is 44.9 Å². The monoisotopic (exact) mass is 336 g/mol. The second kappa shape index (κ2) is 7.90. The van der Waals surface area contributed by atoms with E-state index in [1.165, 1.54) is 36.1 Å². The number of nitrogens with zero attached hydrogens (tertiary/aromatic N) is 1. The molecular formula is C20H33ClN2. The van der Waals surface area contributed by atoms with Gasteiger partial charge in [-0.25, -0.2) is 0 Å². The summed E-state index contributed by atoms with van der Waals surface area (Å²) in [6.07, 6.45) is 4.81. The first kappa shape index (κ1) is 18.6. The molecule has 0 aromatic heterocycles. The predicted octanol–water partition coefficient (Wildman–Crippen LogP) is 5.73. The number of rotatable bonds is 7. The molecule has 1 aromatic carbocycles. The summed E-state index contributed by atoms with van der Waals surface area (Å²) in [6, 6.07) is 4.56. The molecule has 3 heteroatoms. The maximum absolute atomic E-state index is 6.61. The molecule has 2 nitrogen and oxygen atoms in total. The van der Waals surface area contributed by atoms with Crippen molar-refractivity contribution in [2.24, 2.45) is 0 Å². The number of unbranched alkanes of at least 4 members (excludes halogenated alkanes) is 1. The van der Waals surface area contributed by atoms with E-state index < -0.39 is 0 Å². The van der Waals surface area contributed by atoms with E-state index in [4.69, 9.17) is 11.6 Å². The molecule has 1 N–H and O–H groups in total. The zero-order valence-electron chi connectivity index (χ0n) is 15.5. The van der Waals surface area contributed by atoms with Crippen LogP contribution in [0.15, 0.2) is 12.1 Å². The maximum atomic E-state index is 6.61. The summed E-state index contributed by atoms with van der Waals surface area (Å²) in [5, 5.41) is 4.38. The lowest BCUT2D eigenvalue weighted by Gasteiger charge is -2.48. The van der Waals surface area contributed by atoms with Gasteiger partial charge in [-0.05, 0) is 62.8 Å². The van der Waals surface area contributed by atoms with E-state index in [1.807, 2.05) is 0 Å². The highest BCUT2D eigenvalue weighted by Gasteiger charge is 2.36. The summed E-state index contributed by atoms with van der Waals surface area (Å²) >= 11 is 6.61. The Hall–Kier alpha value is -0.730. The lowest BCUT2D eigenvalue weighted by molar-refractivity contribution is 0.373. The Bertz CT molecular complexity index is 525. The van der Waals surface area contributed by atoms with Crippen molar-refractivity contribution in [3.05, 3.63) is 28.3 Å². The van der Waals surface area contributed by atoms with E-state index in [9.17, 15) is 0 Å². The molecule has 1 aliphatic rings. The largest absolute Gasteiger partial charge is 0.366 e. The number of halogens is 1. The average Bonchev–Trinajstić information content (AvgIpc) is 2.47. The topological polar surface area (TPSA) is 15.3 Å². The SMILES string of the molecule is CCCCN1c2cc(Cl)c(CNCCC)cc2C(C)CC1(C)C. The highest BCUT2D eigenvalue weighted by Crippen LogP contribution is 2.45. The molecule has 1 aromatic rings. The van der Waals surface area contributed by atoms with Crippen LogP contribution in [0.3, 0.4) is 0 Å². The van der Waals surface area contributed by atoms with E-state index in [2.05, 4.69) is 57.0 Å². The minimum absolute atomic E-state index is 0.201. The van der Waals surface area contributed by atoms with Crippen LogP contribution in [0.1, 0.15) is 77.3 Å². The molecule has 1 heterocycles. The number of benzene rings is 1. The van der Waals surface area contributed by atoms with Gasteiger partial charge in [0, 0.05) is 29.3 Å². The Morgan fingerprint density at radius 1 is 1.26 bits per heavy atom. The van der Waals surface area contributed by atoms with Gasteiger partial charge >= 0.3 is 0 Å². The average molecular weight is 337 g/mol. The Morgan fingerprint density at radius 2 is 2.00 bits per heavy atom. The molecule has 23 heavy (non-hydrogen) atoms. The summed E-state index contributed by atoms with van der Waals surface area (Å²) in [5.41, 5.74) is 4.26. The van der Waals surface area contributed by atoms with Crippen LogP contribution in [-0.4, -0.2) is 18.6 Å². The first-order valence-electron chi connectivity index (χ1n) is 9.21. The van der Waals surface area contributed by atoms with Crippen molar-refractivity contribution in [3.8, 4) is 0 Å². The molecular weight excluding hydrogens is 304 g/mol. The summed E-state index contributed by atoms with van der Waals surface area (Å²) in [6.45, 7) is 14.6. The molecule has 0 saturated heterocycles. The maximum Gasteiger partial charge on any atom is 0.0471 e. The van der Waals surface area contributed by atoms with Crippen molar-refractivity contribution in [1.82, 2.24) is 5.32 Å². The zero-order valence-corrected chi connectivity index (χ0v) is 16.3. The van der Waals surface area contributed by atoms with Crippen LogP contribution in [0, 0.1) is 0 Å². The van der Waals surface area contributed by atoms with Gasteiger partial charge in [0.1, 0.15) is 0 Å². The van der Waals surface area contributed by atoms with E-state index in [1.54, 1.807) is 0 Å². The molecule has 0 radical (unpaired) electrons. The quantitative estimate of drug-likeness (QED) is 0.639. The second-order valence-corrected chi connectivity index (χ2v) is 8.01. The lowest BCUT2D eigenvalue weighted by Crippen LogP contribution is -2.48. The van der Waals surface area contributed by atoms with Gasteiger partial charge in [-0.2, -0.15) is 0 Å². The van der Waals surface area contributed by atoms with Crippen LogP contribution in [0.25, 0.3) is 0 Å². The third-order valence-corrected chi connectivity index (χ3v) is 5.38. The highest BCUT2D eigenvalue weighted by atomic mass is 35.5. The molecule has 1 aliphatic heterocycles. The standard InChI is InChI=1S/C20H33ClN2/c1-6-8-10-23-19-12-18(21)16(14-22-9-7-2)11-17(19)15(3)13-20(23,4)5/h11-12,15,22H,6-10,13-14H2,1-5H3. The van der Waals surface area contributed by atoms with E-state index in [-0.39, 0.29) is 5.54 Å². The van der Waals surface area contributed by atoms with Crippen molar-refractivity contribution in [2.75, 3.05) is 18.0 Å². The van der Waals surface area contributed by atoms with Crippen LogP contribution in [0.2, 0.25) is 5.02 Å². The Balaban J connectivity index is 2.34. The van der Waals surface area contributed by atoms with Crippen molar-refractivity contribution in [1.29, 1.82) is 0 Å². The minimum atomic E-state index is 0.201. The zero-order chi connectivity index (χ0) is 17.0.